The predicted octanol–water partition coefficient (Wildman–Crippen LogP) is -1.13. The molecule has 1 aromatic heterocycles. The molecule has 0 aliphatic heterocycles. The summed E-state index contributed by atoms with van der Waals surface area (Å²) in [7, 11) is -2.62. The van der Waals surface area contributed by atoms with Crippen molar-refractivity contribution in [3.8, 4) is 0 Å². The molecule has 102 valence electrons. The summed E-state index contributed by atoms with van der Waals surface area (Å²) in [6.45, 7) is -0.420. The number of hydrogen-bond donors (Lipinski definition) is 3. The third kappa shape index (κ3) is 3.89. The zero-order chi connectivity index (χ0) is 13.9. The molecule has 4 N–H and O–H groups in total. The van der Waals surface area contributed by atoms with Gasteiger partial charge in [-0.1, -0.05) is 0 Å². The van der Waals surface area contributed by atoms with Crippen LogP contribution in [0, 0.1) is 0 Å². The predicted molar refractivity (Wildman–Crippen MR) is 64.0 cm³/mol. The summed E-state index contributed by atoms with van der Waals surface area (Å²) >= 11 is 0. The minimum absolute atomic E-state index is 0.116. The molecule has 0 amide bonds. The van der Waals surface area contributed by atoms with Gasteiger partial charge in [-0.2, -0.15) is 13.5 Å². The van der Waals surface area contributed by atoms with E-state index in [9.17, 15) is 13.2 Å². The van der Waals surface area contributed by atoms with Crippen LogP contribution in [0.1, 0.15) is 0 Å². The molecule has 10 heteroatoms. The SMILES string of the molecule is CN(CC(=O)O)c1c(N)cnn1CCS(=O)(=O)O. The van der Waals surface area contributed by atoms with Crippen molar-refractivity contribution in [2.75, 3.05) is 30.0 Å². The van der Waals surface area contributed by atoms with E-state index in [1.54, 1.807) is 0 Å². The van der Waals surface area contributed by atoms with Crippen molar-refractivity contribution in [3.05, 3.63) is 6.20 Å². The zero-order valence-electron chi connectivity index (χ0n) is 9.65. The molecular weight excluding hydrogens is 264 g/mol. The van der Waals surface area contributed by atoms with Crippen molar-refractivity contribution in [1.82, 2.24) is 9.78 Å². The fourth-order valence-corrected chi connectivity index (χ4v) is 1.86. The van der Waals surface area contributed by atoms with E-state index in [0.29, 0.717) is 5.82 Å². The van der Waals surface area contributed by atoms with Crippen LogP contribution < -0.4 is 10.6 Å². The lowest BCUT2D eigenvalue weighted by atomic mass is 10.4. The van der Waals surface area contributed by atoms with E-state index in [4.69, 9.17) is 15.4 Å². The van der Waals surface area contributed by atoms with Gasteiger partial charge in [-0.3, -0.25) is 9.35 Å². The first kappa shape index (κ1) is 14.3. The summed E-state index contributed by atoms with van der Waals surface area (Å²) in [5, 5.41) is 12.5. The minimum atomic E-state index is -4.12. The second kappa shape index (κ2) is 5.23. The van der Waals surface area contributed by atoms with Crippen LogP contribution in [0.25, 0.3) is 0 Å². The minimum Gasteiger partial charge on any atom is -0.480 e. The number of nitrogens with zero attached hydrogens (tertiary/aromatic N) is 3. The fraction of sp³-hybridized carbons (Fsp3) is 0.500. The van der Waals surface area contributed by atoms with E-state index in [-0.39, 0.29) is 18.8 Å². The molecule has 0 radical (unpaired) electrons. The van der Waals surface area contributed by atoms with Crippen molar-refractivity contribution in [1.29, 1.82) is 0 Å². The molecule has 0 saturated carbocycles. The number of likely N-dealkylation sites (N-methyl/N-ethyl adjacent to an activating group) is 1. The summed E-state index contributed by atoms with van der Waals surface area (Å²) in [5.74, 6) is -1.29. The lowest BCUT2D eigenvalue weighted by Crippen LogP contribution is -2.29. The Hall–Kier alpha value is -1.81. The van der Waals surface area contributed by atoms with Crippen molar-refractivity contribution in [2.24, 2.45) is 0 Å². The van der Waals surface area contributed by atoms with E-state index >= 15 is 0 Å². The highest BCUT2D eigenvalue weighted by Crippen LogP contribution is 2.21. The van der Waals surface area contributed by atoms with Crippen LogP contribution in [-0.4, -0.2) is 53.2 Å². The van der Waals surface area contributed by atoms with Crippen molar-refractivity contribution in [2.45, 2.75) is 6.54 Å². The number of anilines is 2. The van der Waals surface area contributed by atoms with Gasteiger partial charge in [0.2, 0.25) is 0 Å². The second-order valence-electron chi connectivity index (χ2n) is 3.68. The van der Waals surface area contributed by atoms with Gasteiger partial charge in [-0.25, -0.2) is 4.68 Å². The third-order valence-electron chi connectivity index (χ3n) is 2.13. The summed E-state index contributed by atoms with van der Waals surface area (Å²) in [5.41, 5.74) is 5.86. The van der Waals surface area contributed by atoms with E-state index in [1.165, 1.54) is 22.8 Å². The molecular formula is C8H14N4O5S. The second-order valence-corrected chi connectivity index (χ2v) is 5.25. The fourth-order valence-electron chi connectivity index (χ4n) is 1.45. The average Bonchev–Trinajstić information content (AvgIpc) is 2.54. The summed E-state index contributed by atoms with van der Waals surface area (Å²) in [6, 6.07) is 0. The lowest BCUT2D eigenvalue weighted by Gasteiger charge is -2.18. The van der Waals surface area contributed by atoms with Crippen molar-refractivity contribution < 1.29 is 22.9 Å². The Labute approximate surface area is 104 Å². The van der Waals surface area contributed by atoms with E-state index in [1.807, 2.05) is 0 Å². The van der Waals surface area contributed by atoms with Crippen molar-refractivity contribution in [3.63, 3.8) is 0 Å². The van der Waals surface area contributed by atoms with E-state index in [2.05, 4.69) is 5.10 Å². The normalized spacial score (nSPS) is 11.4. The summed E-state index contributed by atoms with van der Waals surface area (Å²) in [4.78, 5) is 11.9. The van der Waals surface area contributed by atoms with Gasteiger partial charge in [-0.15, -0.1) is 0 Å². The third-order valence-corrected chi connectivity index (χ3v) is 2.83. The maximum Gasteiger partial charge on any atom is 0.323 e. The number of aromatic nitrogens is 2. The van der Waals surface area contributed by atoms with Gasteiger partial charge in [0, 0.05) is 7.05 Å². The standard InChI is InChI=1S/C8H14N4O5S/c1-11(5-7(13)14)8-6(9)4-10-12(8)2-3-18(15,16)17/h4H,2-3,5,9H2,1H3,(H,13,14)(H,15,16,17). The lowest BCUT2D eigenvalue weighted by molar-refractivity contribution is -0.135. The van der Waals surface area contributed by atoms with Crippen LogP contribution in [0.2, 0.25) is 0 Å². The number of rotatable bonds is 6. The number of hydrogen-bond acceptors (Lipinski definition) is 6. The molecule has 1 heterocycles. The molecule has 0 saturated heterocycles. The zero-order valence-corrected chi connectivity index (χ0v) is 10.5. The maximum atomic E-state index is 10.6. The molecule has 0 aliphatic rings. The number of nitrogens with two attached hydrogens (primary N) is 1. The molecule has 0 aromatic carbocycles. The Kier molecular flexibility index (Phi) is 4.14. The monoisotopic (exact) mass is 278 g/mol. The van der Waals surface area contributed by atoms with Gasteiger partial charge in [0.1, 0.15) is 6.54 Å². The van der Waals surface area contributed by atoms with Gasteiger partial charge in [0.05, 0.1) is 24.2 Å². The van der Waals surface area contributed by atoms with Crippen LogP contribution in [0.5, 0.6) is 0 Å². The highest BCUT2D eigenvalue weighted by molar-refractivity contribution is 7.85. The maximum absolute atomic E-state index is 10.6. The molecule has 0 fully saturated rings. The molecule has 0 atom stereocenters. The highest BCUT2D eigenvalue weighted by Gasteiger charge is 2.16. The molecule has 0 bridgehead atoms. The Morgan fingerprint density at radius 2 is 2.22 bits per heavy atom. The van der Waals surface area contributed by atoms with Gasteiger partial charge >= 0.3 is 5.97 Å². The number of aliphatic carboxylic acids is 1. The largest absolute Gasteiger partial charge is 0.480 e. The number of carboxylic acids is 1. The van der Waals surface area contributed by atoms with E-state index in [0.717, 1.165) is 0 Å². The first-order valence-electron chi connectivity index (χ1n) is 4.90. The van der Waals surface area contributed by atoms with Crippen LogP contribution >= 0.6 is 0 Å². The highest BCUT2D eigenvalue weighted by atomic mass is 32.2. The molecule has 1 rings (SSSR count). The molecule has 9 nitrogen and oxygen atoms in total. The van der Waals surface area contributed by atoms with Crippen LogP contribution in [0.4, 0.5) is 11.5 Å². The first-order valence-corrected chi connectivity index (χ1v) is 6.51. The Morgan fingerprint density at radius 3 is 2.72 bits per heavy atom. The molecule has 0 spiro atoms. The average molecular weight is 278 g/mol. The molecule has 0 aliphatic carbocycles. The quantitative estimate of drug-likeness (QED) is 0.556. The van der Waals surface area contributed by atoms with Gasteiger partial charge in [0.15, 0.2) is 5.82 Å². The van der Waals surface area contributed by atoms with Crippen LogP contribution in [0.15, 0.2) is 6.20 Å². The van der Waals surface area contributed by atoms with Gasteiger partial charge < -0.3 is 15.7 Å². The number of carboxylic acid groups (broad SMARTS) is 1. The van der Waals surface area contributed by atoms with Crippen molar-refractivity contribution >= 4 is 27.6 Å². The first-order chi connectivity index (χ1) is 8.20. The summed E-state index contributed by atoms with van der Waals surface area (Å²) < 4.78 is 31.2. The number of aryl methyl sites for hydroxylation is 1. The smallest absolute Gasteiger partial charge is 0.323 e. The topological polar surface area (TPSA) is 139 Å². The van der Waals surface area contributed by atoms with Crippen LogP contribution in [0.3, 0.4) is 0 Å². The number of carbonyl (C=O) groups is 1. The Balaban J connectivity index is 2.90. The van der Waals surface area contributed by atoms with Crippen LogP contribution in [-0.2, 0) is 21.5 Å². The molecule has 18 heavy (non-hydrogen) atoms. The van der Waals surface area contributed by atoms with E-state index < -0.39 is 21.8 Å². The molecule has 0 unspecified atom stereocenters. The Morgan fingerprint density at radius 1 is 1.61 bits per heavy atom. The van der Waals surface area contributed by atoms with Gasteiger partial charge in [0.25, 0.3) is 10.1 Å². The number of nitrogen functional groups attached to an aromatic ring is 1. The van der Waals surface area contributed by atoms with Gasteiger partial charge in [-0.05, 0) is 0 Å². The Bertz CT molecular complexity index is 538. The summed E-state index contributed by atoms with van der Waals surface area (Å²) in [6.07, 6.45) is 1.29. The molecule has 1 aromatic rings.